The van der Waals surface area contributed by atoms with Crippen molar-refractivity contribution in [3.05, 3.63) is 12.2 Å². The molecule has 0 rings (SSSR count). The topological polar surface area (TPSA) is 43.3 Å². The zero-order chi connectivity index (χ0) is 20.4. The Bertz CT molecular complexity index is 388. The largest absolute Gasteiger partial charge is 0.827 e. The van der Waals surface area contributed by atoms with E-state index in [0.717, 1.165) is 21.0 Å². The van der Waals surface area contributed by atoms with Gasteiger partial charge in [-0.1, -0.05) is 85.1 Å². The zero-order valence-electron chi connectivity index (χ0n) is 18.6. The van der Waals surface area contributed by atoms with Crippen molar-refractivity contribution in [2.75, 3.05) is 27.7 Å². The Hall–Kier alpha value is -0.210. The summed E-state index contributed by atoms with van der Waals surface area (Å²) in [5.41, 5.74) is 0.278. The van der Waals surface area contributed by atoms with Crippen LogP contribution in [-0.4, -0.2) is 48.6 Å². The lowest BCUT2D eigenvalue weighted by Gasteiger charge is -2.31. The van der Waals surface area contributed by atoms with Crippen molar-refractivity contribution >= 4 is 13.7 Å². The molecule has 0 radical (unpaired) electrons. The molecule has 1 unspecified atom stereocenters. The van der Waals surface area contributed by atoms with Crippen LogP contribution < -0.4 is 5.11 Å². The van der Waals surface area contributed by atoms with E-state index in [9.17, 15) is 10.2 Å². The highest BCUT2D eigenvalue weighted by atomic mass is 31.1. The Labute approximate surface area is 171 Å². The van der Waals surface area contributed by atoms with Crippen LogP contribution in [0.3, 0.4) is 0 Å². The van der Waals surface area contributed by atoms with Gasteiger partial charge in [0.2, 0.25) is 0 Å². The maximum Gasteiger partial charge on any atom is 0.151 e. The number of aliphatic hydroxyl groups is 1. The van der Waals surface area contributed by atoms with Crippen molar-refractivity contribution in [3.63, 3.8) is 0 Å². The van der Waals surface area contributed by atoms with E-state index < -0.39 is 0 Å². The minimum Gasteiger partial charge on any atom is -0.827 e. The average Bonchev–Trinajstić information content (AvgIpc) is 2.62. The molecule has 27 heavy (non-hydrogen) atoms. The molecule has 0 saturated carbocycles. The second-order valence-corrected chi connectivity index (χ2v) is 9.99. The third-order valence-electron chi connectivity index (χ3n) is 5.00. The lowest BCUT2D eigenvalue weighted by molar-refractivity contribution is -0.881. The molecule has 4 heteroatoms. The van der Waals surface area contributed by atoms with Crippen LogP contribution in [0, 0.1) is 0 Å². The number of hydrogen-bond donors (Lipinski definition) is 1. The van der Waals surface area contributed by atoms with E-state index in [0.29, 0.717) is 10.9 Å². The first-order chi connectivity index (χ1) is 12.9. The molecule has 0 aromatic heterocycles. The van der Waals surface area contributed by atoms with Gasteiger partial charge in [-0.25, -0.2) is 0 Å². The number of unbranched alkanes of at least 4 members (excludes halogenated alkanes) is 11. The molecule has 0 aliphatic carbocycles. The fourth-order valence-corrected chi connectivity index (χ4v) is 4.08. The van der Waals surface area contributed by atoms with Crippen LogP contribution in [0.25, 0.3) is 0 Å². The molecule has 0 fully saturated rings. The highest BCUT2D eigenvalue weighted by Crippen LogP contribution is 2.18. The summed E-state index contributed by atoms with van der Waals surface area (Å²) < 4.78 is 0.635. The lowest BCUT2D eigenvalue weighted by Crippen LogP contribution is -2.44. The van der Waals surface area contributed by atoms with Crippen LogP contribution in [0.5, 0.6) is 0 Å². The van der Waals surface area contributed by atoms with E-state index in [1.54, 1.807) is 0 Å². The third kappa shape index (κ3) is 17.6. The average molecular weight is 400 g/mol. The molecule has 0 aliphatic heterocycles. The number of nitrogens with zero attached hydrogens (tertiary/aromatic N) is 1. The third-order valence-corrected chi connectivity index (χ3v) is 6.67. The van der Waals surface area contributed by atoms with E-state index in [1.165, 1.54) is 70.6 Å². The molecule has 0 heterocycles. The van der Waals surface area contributed by atoms with Crippen molar-refractivity contribution in [2.24, 2.45) is 0 Å². The first-order valence-corrected chi connectivity index (χ1v) is 12.2. The minimum absolute atomic E-state index is 0.000581. The van der Waals surface area contributed by atoms with Gasteiger partial charge in [0.25, 0.3) is 0 Å². The molecule has 1 atom stereocenters. The first kappa shape index (κ1) is 26.8. The SMILES string of the molecule is CCCCCCCC/C=C\CCCCCCCC([O-])=PC(CO)[N+](C)(C)C. The number of aliphatic hydroxyl groups excluding tert-OH is 1. The Kier molecular flexibility index (Phi) is 17.7. The number of hydrogen-bond acceptors (Lipinski definition) is 2. The molecule has 160 valence electrons. The van der Waals surface area contributed by atoms with Crippen LogP contribution in [0.15, 0.2) is 12.2 Å². The Morgan fingerprint density at radius 3 is 1.81 bits per heavy atom. The summed E-state index contributed by atoms with van der Waals surface area (Å²) in [5, 5.41) is 21.5. The van der Waals surface area contributed by atoms with Crippen LogP contribution in [0.2, 0.25) is 0 Å². The molecule has 0 aromatic carbocycles. The van der Waals surface area contributed by atoms with Crippen molar-refractivity contribution in [1.82, 2.24) is 0 Å². The second kappa shape index (κ2) is 17.9. The number of quaternary nitrogens is 1. The lowest BCUT2D eigenvalue weighted by atomic mass is 10.1. The van der Waals surface area contributed by atoms with Gasteiger partial charge in [-0.2, -0.15) is 0 Å². The molecule has 0 aromatic rings. The molecule has 0 aliphatic rings. The van der Waals surface area contributed by atoms with Crippen molar-refractivity contribution < 1.29 is 14.7 Å². The first-order valence-electron chi connectivity index (χ1n) is 11.2. The summed E-state index contributed by atoms with van der Waals surface area (Å²) in [7, 11) is 6.87. The monoisotopic (exact) mass is 399 g/mol. The number of allylic oxidation sites excluding steroid dienone is 2. The van der Waals surface area contributed by atoms with Crippen molar-refractivity contribution in [3.8, 4) is 0 Å². The van der Waals surface area contributed by atoms with Crippen molar-refractivity contribution in [1.29, 1.82) is 0 Å². The van der Waals surface area contributed by atoms with E-state index in [4.69, 9.17) is 0 Å². The summed E-state index contributed by atoms with van der Waals surface area (Å²) in [6.45, 7) is 2.34. The summed E-state index contributed by atoms with van der Waals surface area (Å²) in [6, 6.07) is 0. The van der Waals surface area contributed by atoms with Gasteiger partial charge in [0.1, 0.15) is 6.61 Å². The molecule has 0 spiro atoms. The van der Waals surface area contributed by atoms with Crippen LogP contribution in [0.1, 0.15) is 96.8 Å². The van der Waals surface area contributed by atoms with Gasteiger partial charge in [0.15, 0.2) is 5.78 Å². The fraction of sp³-hybridized carbons (Fsp3) is 0.870. The van der Waals surface area contributed by atoms with E-state index >= 15 is 0 Å². The van der Waals surface area contributed by atoms with E-state index in [-0.39, 0.29) is 17.9 Å². The predicted octanol–water partition coefficient (Wildman–Crippen LogP) is 5.48. The van der Waals surface area contributed by atoms with Gasteiger partial charge in [-0.05, 0) is 32.1 Å². The number of rotatable bonds is 18. The Morgan fingerprint density at radius 1 is 0.852 bits per heavy atom. The molecule has 0 saturated heterocycles. The quantitative estimate of drug-likeness (QED) is 0.143. The highest BCUT2D eigenvalue weighted by Gasteiger charge is 2.19. The summed E-state index contributed by atoms with van der Waals surface area (Å²) >= 11 is 0. The van der Waals surface area contributed by atoms with E-state index in [1.807, 2.05) is 21.1 Å². The predicted molar refractivity (Wildman–Crippen MR) is 120 cm³/mol. The van der Waals surface area contributed by atoms with Crippen LogP contribution in [0.4, 0.5) is 0 Å². The number of likely N-dealkylation sites (N-methyl/N-ethyl adjacent to an activating group) is 1. The summed E-state index contributed by atoms with van der Waals surface area (Å²) in [4.78, 5) is 0. The zero-order valence-corrected chi connectivity index (χ0v) is 19.5. The summed E-state index contributed by atoms with van der Waals surface area (Å²) in [6.07, 6.45) is 22.0. The van der Waals surface area contributed by atoms with Gasteiger partial charge < -0.3 is 14.7 Å². The van der Waals surface area contributed by atoms with Crippen LogP contribution in [-0.2, 0) is 0 Å². The fourth-order valence-electron chi connectivity index (χ4n) is 3.04. The smallest absolute Gasteiger partial charge is 0.151 e. The van der Waals surface area contributed by atoms with Gasteiger partial charge in [-0.15, -0.1) is 5.48 Å². The maximum absolute atomic E-state index is 12.1. The molecular weight excluding hydrogens is 353 g/mol. The molecule has 0 bridgehead atoms. The minimum atomic E-state index is 0.000581. The maximum atomic E-state index is 12.1. The molecule has 1 N–H and O–H groups in total. The van der Waals surface area contributed by atoms with Gasteiger partial charge in [-0.3, -0.25) is 0 Å². The molecule has 3 nitrogen and oxygen atoms in total. The normalized spacial score (nSPS) is 14.2. The van der Waals surface area contributed by atoms with E-state index in [2.05, 4.69) is 19.1 Å². The highest BCUT2D eigenvalue weighted by molar-refractivity contribution is 7.40. The van der Waals surface area contributed by atoms with Gasteiger partial charge in [0.05, 0.1) is 21.1 Å². The molecular formula is C23H46NO2P. The van der Waals surface area contributed by atoms with Gasteiger partial charge >= 0.3 is 0 Å². The molecule has 0 amide bonds. The standard InChI is InChI=1S/C23H46NO2P/c1-5-6-7-8-9-10-11-12-13-14-15-16-17-18-19-20-23(26)27-22(21-25)24(2,3)4/h12-13,22,25H,5-11,14-21H2,1-4H3/b13-12-. The van der Waals surface area contributed by atoms with Crippen molar-refractivity contribution in [2.45, 2.75) is 103 Å². The Balaban J connectivity index is 3.53. The summed E-state index contributed by atoms with van der Waals surface area (Å²) in [5.74, 6) is 0.000581. The second-order valence-electron chi connectivity index (χ2n) is 8.64. The van der Waals surface area contributed by atoms with Crippen LogP contribution >= 0.6 is 8.20 Å². The van der Waals surface area contributed by atoms with Gasteiger partial charge in [0, 0.05) is 0 Å². The Morgan fingerprint density at radius 2 is 1.33 bits per heavy atom.